The van der Waals surface area contributed by atoms with Crippen LogP contribution in [0.25, 0.3) is 49.9 Å². The highest BCUT2D eigenvalue weighted by molar-refractivity contribution is 6.09. The van der Waals surface area contributed by atoms with E-state index in [1.807, 2.05) is 0 Å². The normalized spacial score (nSPS) is 13.7. The maximum atomic E-state index is 2.37. The summed E-state index contributed by atoms with van der Waals surface area (Å²) in [5.41, 5.74) is 10.3. The molecule has 5 aromatic rings. The van der Waals surface area contributed by atoms with Crippen LogP contribution in [0, 0.1) is 6.92 Å². The van der Waals surface area contributed by atoms with Gasteiger partial charge >= 0.3 is 0 Å². The van der Waals surface area contributed by atoms with E-state index in [2.05, 4.69) is 147 Å². The molecule has 1 aliphatic rings. The fourth-order valence-corrected chi connectivity index (χ4v) is 5.65. The standard InChI is InChI=1S/C37H30/c1-3-12-33-26(2)36(30-18-11-17-28(21-23-30)27-13-5-4-6-14-27)34-19-9-10-20-35(34)37(33)32-24-22-29-15-7-8-16-31(29)25-32/h3-10,12-25H,11H2,1-2H3/b12-3-. The fraction of sp³-hybridized carbons (Fsp3) is 0.0811. The lowest BCUT2D eigenvalue weighted by molar-refractivity contribution is 1.38. The van der Waals surface area contributed by atoms with Crippen molar-refractivity contribution in [3.05, 3.63) is 150 Å². The van der Waals surface area contributed by atoms with Crippen molar-refractivity contribution in [3.63, 3.8) is 0 Å². The molecule has 0 heteroatoms. The smallest absolute Gasteiger partial charge is 0.00296 e. The Bertz CT molecular complexity index is 1740. The lowest BCUT2D eigenvalue weighted by Gasteiger charge is -2.20. The van der Waals surface area contributed by atoms with Crippen molar-refractivity contribution in [2.75, 3.05) is 0 Å². The third-order valence-electron chi connectivity index (χ3n) is 7.40. The summed E-state index contributed by atoms with van der Waals surface area (Å²) in [7, 11) is 0. The summed E-state index contributed by atoms with van der Waals surface area (Å²) in [6.45, 7) is 4.39. The van der Waals surface area contributed by atoms with Crippen molar-refractivity contribution < 1.29 is 0 Å². The molecule has 0 spiro atoms. The van der Waals surface area contributed by atoms with Gasteiger partial charge in [0.15, 0.2) is 0 Å². The number of benzene rings is 5. The maximum Gasteiger partial charge on any atom is -0.00296 e. The van der Waals surface area contributed by atoms with Crippen LogP contribution in [0.3, 0.4) is 0 Å². The molecule has 0 aromatic heterocycles. The van der Waals surface area contributed by atoms with E-state index in [0.717, 1.165) is 6.42 Å². The van der Waals surface area contributed by atoms with Crippen LogP contribution >= 0.6 is 0 Å². The Morgan fingerprint density at radius 1 is 0.595 bits per heavy atom. The predicted octanol–water partition coefficient (Wildman–Crippen LogP) is 10.4. The monoisotopic (exact) mass is 474 g/mol. The first-order valence-electron chi connectivity index (χ1n) is 13.1. The summed E-state index contributed by atoms with van der Waals surface area (Å²) >= 11 is 0. The second-order valence-electron chi connectivity index (χ2n) is 9.65. The van der Waals surface area contributed by atoms with Crippen LogP contribution < -0.4 is 0 Å². The Balaban J connectivity index is 1.56. The molecule has 0 saturated heterocycles. The molecule has 37 heavy (non-hydrogen) atoms. The highest BCUT2D eigenvalue weighted by atomic mass is 14.2. The molecular weight excluding hydrogens is 444 g/mol. The van der Waals surface area contributed by atoms with Gasteiger partial charge in [0.2, 0.25) is 0 Å². The molecule has 1 aliphatic carbocycles. The van der Waals surface area contributed by atoms with Gasteiger partial charge in [-0.15, -0.1) is 0 Å². The molecule has 6 rings (SSSR count). The minimum atomic E-state index is 0.908. The van der Waals surface area contributed by atoms with Gasteiger partial charge in [-0.05, 0) is 92.4 Å². The van der Waals surface area contributed by atoms with Gasteiger partial charge in [-0.3, -0.25) is 0 Å². The number of rotatable bonds is 4. The van der Waals surface area contributed by atoms with Crippen LogP contribution in [-0.4, -0.2) is 0 Å². The average molecular weight is 475 g/mol. The van der Waals surface area contributed by atoms with Crippen LogP contribution in [0.1, 0.15) is 35.6 Å². The molecule has 0 heterocycles. The van der Waals surface area contributed by atoms with E-state index in [1.54, 1.807) is 0 Å². The van der Waals surface area contributed by atoms with Crippen molar-refractivity contribution in [1.29, 1.82) is 0 Å². The largest absolute Gasteiger partial charge is 0.0870 e. The second-order valence-corrected chi connectivity index (χ2v) is 9.65. The number of hydrogen-bond acceptors (Lipinski definition) is 0. The van der Waals surface area contributed by atoms with Gasteiger partial charge in [0, 0.05) is 0 Å². The third-order valence-corrected chi connectivity index (χ3v) is 7.40. The van der Waals surface area contributed by atoms with Crippen molar-refractivity contribution in [1.82, 2.24) is 0 Å². The molecule has 0 saturated carbocycles. The van der Waals surface area contributed by atoms with Gasteiger partial charge in [0.1, 0.15) is 0 Å². The minimum absolute atomic E-state index is 0.908. The fourth-order valence-electron chi connectivity index (χ4n) is 5.65. The number of fused-ring (bicyclic) bond motifs is 2. The van der Waals surface area contributed by atoms with Gasteiger partial charge in [0.05, 0.1) is 0 Å². The first kappa shape index (κ1) is 23.0. The lowest BCUT2D eigenvalue weighted by Crippen LogP contribution is -1.98. The van der Waals surface area contributed by atoms with Crippen molar-refractivity contribution >= 4 is 38.8 Å². The first-order valence-corrected chi connectivity index (χ1v) is 13.1. The van der Waals surface area contributed by atoms with E-state index in [1.165, 1.54) is 66.1 Å². The van der Waals surface area contributed by atoms with Crippen LogP contribution in [-0.2, 0) is 0 Å². The molecule has 0 bridgehead atoms. The predicted molar refractivity (Wildman–Crippen MR) is 162 cm³/mol. The summed E-state index contributed by atoms with van der Waals surface area (Å²) < 4.78 is 0. The van der Waals surface area contributed by atoms with Crippen molar-refractivity contribution in [3.8, 4) is 11.1 Å². The Kier molecular flexibility index (Phi) is 6.16. The zero-order valence-corrected chi connectivity index (χ0v) is 21.4. The van der Waals surface area contributed by atoms with Crippen LogP contribution in [0.15, 0.2) is 127 Å². The first-order chi connectivity index (χ1) is 18.2. The molecule has 5 aromatic carbocycles. The summed E-state index contributed by atoms with van der Waals surface area (Å²) in [5.74, 6) is 0. The molecule has 0 amide bonds. The Labute approximate surface area is 219 Å². The van der Waals surface area contributed by atoms with E-state index in [0.29, 0.717) is 0 Å². The van der Waals surface area contributed by atoms with E-state index >= 15 is 0 Å². The zero-order valence-electron chi connectivity index (χ0n) is 21.4. The van der Waals surface area contributed by atoms with E-state index < -0.39 is 0 Å². The molecule has 0 radical (unpaired) electrons. The Morgan fingerprint density at radius 3 is 2.03 bits per heavy atom. The Hall–Kier alpha value is -4.42. The molecule has 0 aliphatic heterocycles. The summed E-state index contributed by atoms with van der Waals surface area (Å²) in [5, 5.41) is 5.13. The van der Waals surface area contributed by atoms with E-state index in [4.69, 9.17) is 0 Å². The quantitative estimate of drug-likeness (QED) is 0.243. The van der Waals surface area contributed by atoms with Crippen LogP contribution in [0.5, 0.6) is 0 Å². The average Bonchev–Trinajstić information content (AvgIpc) is 3.20. The van der Waals surface area contributed by atoms with Gasteiger partial charge in [0.25, 0.3) is 0 Å². The molecule has 0 nitrogen and oxygen atoms in total. The van der Waals surface area contributed by atoms with Crippen molar-refractivity contribution in [2.24, 2.45) is 0 Å². The molecule has 178 valence electrons. The molecule has 0 unspecified atom stereocenters. The zero-order chi connectivity index (χ0) is 25.2. The molecular formula is C37H30. The van der Waals surface area contributed by atoms with E-state index in [-0.39, 0.29) is 0 Å². The van der Waals surface area contributed by atoms with E-state index in [9.17, 15) is 0 Å². The molecule has 0 fully saturated rings. The molecule has 0 N–H and O–H groups in total. The van der Waals surface area contributed by atoms with Gasteiger partial charge in [-0.2, -0.15) is 0 Å². The maximum absolute atomic E-state index is 2.37. The van der Waals surface area contributed by atoms with Crippen LogP contribution in [0.4, 0.5) is 0 Å². The highest BCUT2D eigenvalue weighted by Gasteiger charge is 2.19. The Morgan fingerprint density at radius 2 is 1.24 bits per heavy atom. The lowest BCUT2D eigenvalue weighted by atomic mass is 9.83. The summed E-state index contributed by atoms with van der Waals surface area (Å²) in [4.78, 5) is 0. The number of allylic oxidation sites excluding steroid dienone is 7. The highest BCUT2D eigenvalue weighted by Crippen LogP contribution is 2.42. The van der Waals surface area contributed by atoms with Crippen molar-refractivity contribution in [2.45, 2.75) is 20.3 Å². The minimum Gasteiger partial charge on any atom is -0.0870 e. The second kappa shape index (κ2) is 9.91. The SMILES string of the molecule is C/C=C\c1c(C)c(C2=CCC=C(c3ccccc3)C=C2)c2ccccc2c1-c1ccc2ccccc2c1. The summed E-state index contributed by atoms with van der Waals surface area (Å²) in [6.07, 6.45) is 14.6. The van der Waals surface area contributed by atoms with Gasteiger partial charge in [-0.1, -0.05) is 127 Å². The van der Waals surface area contributed by atoms with Gasteiger partial charge < -0.3 is 0 Å². The topological polar surface area (TPSA) is 0 Å². The number of hydrogen-bond donors (Lipinski definition) is 0. The third kappa shape index (κ3) is 4.26. The van der Waals surface area contributed by atoms with Crippen LogP contribution in [0.2, 0.25) is 0 Å². The summed E-state index contributed by atoms with van der Waals surface area (Å²) in [6, 6.07) is 35.0. The molecule has 0 atom stereocenters. The van der Waals surface area contributed by atoms with Gasteiger partial charge in [-0.25, -0.2) is 0 Å².